The molecule has 2 aliphatic rings. The number of piperidine rings is 1. The van der Waals surface area contributed by atoms with Crippen molar-refractivity contribution < 1.29 is 13.9 Å². The summed E-state index contributed by atoms with van der Waals surface area (Å²) >= 11 is 0. The molecule has 1 heterocycles. The second kappa shape index (κ2) is 9.82. The van der Waals surface area contributed by atoms with Gasteiger partial charge in [0.25, 0.3) is 0 Å². The highest BCUT2D eigenvalue weighted by molar-refractivity contribution is 5.73. The third-order valence-electron chi connectivity index (χ3n) is 7.41. The van der Waals surface area contributed by atoms with Crippen LogP contribution < -0.4 is 5.73 Å². The average Bonchev–Trinajstić information content (AvgIpc) is 3.24. The molecule has 0 aromatic heterocycles. The third-order valence-corrected chi connectivity index (χ3v) is 7.41. The Balaban J connectivity index is 1.61. The monoisotopic (exact) mass is 437 g/mol. The second-order valence-electron chi connectivity index (χ2n) is 9.14. The molecule has 2 aromatic rings. The van der Waals surface area contributed by atoms with Crippen molar-refractivity contribution in [2.75, 3.05) is 13.1 Å². The van der Waals surface area contributed by atoms with E-state index in [1.165, 1.54) is 17.8 Å². The van der Waals surface area contributed by atoms with Gasteiger partial charge in [-0.1, -0.05) is 42.5 Å². The molecule has 170 valence electrons. The Morgan fingerprint density at radius 3 is 2.53 bits per heavy atom. The lowest BCUT2D eigenvalue weighted by atomic mass is 9.59. The van der Waals surface area contributed by atoms with Crippen molar-refractivity contribution in [3.8, 4) is 0 Å². The van der Waals surface area contributed by atoms with Gasteiger partial charge in [0.15, 0.2) is 0 Å². The van der Waals surface area contributed by atoms with Crippen LogP contribution in [0.1, 0.15) is 43.2 Å². The van der Waals surface area contributed by atoms with Crippen molar-refractivity contribution in [1.82, 2.24) is 4.90 Å². The Hall–Kier alpha value is -2.73. The molecule has 2 fully saturated rings. The van der Waals surface area contributed by atoms with E-state index in [-0.39, 0.29) is 23.8 Å². The van der Waals surface area contributed by atoms with Crippen molar-refractivity contribution in [3.05, 3.63) is 71.5 Å². The van der Waals surface area contributed by atoms with Crippen LogP contribution in [0.3, 0.4) is 0 Å². The minimum Gasteiger partial charge on any atom is -0.446 e. The van der Waals surface area contributed by atoms with Crippen LogP contribution in [-0.4, -0.2) is 36.4 Å². The third kappa shape index (κ3) is 4.56. The number of nitrogens with one attached hydrogen (secondary N) is 1. The second-order valence-corrected chi connectivity index (χ2v) is 9.14. The molecule has 1 saturated heterocycles. The minimum atomic E-state index is -0.780. The number of hydrogen-bond acceptors (Lipinski definition) is 4. The summed E-state index contributed by atoms with van der Waals surface area (Å²) in [6.45, 7) is 2.74. The van der Waals surface area contributed by atoms with Gasteiger partial charge in [0.2, 0.25) is 0 Å². The molecule has 6 heteroatoms. The summed E-state index contributed by atoms with van der Waals surface area (Å²) in [6, 6.07) is 17.1. The number of carbonyl (C=O) groups is 1. The van der Waals surface area contributed by atoms with E-state index in [0.717, 1.165) is 57.3 Å². The smallest absolute Gasteiger partial charge is 0.404 e. The van der Waals surface area contributed by atoms with Crippen LogP contribution in [0.4, 0.5) is 9.18 Å². The lowest BCUT2D eigenvalue weighted by Gasteiger charge is -2.47. The van der Waals surface area contributed by atoms with E-state index in [2.05, 4.69) is 29.2 Å². The Labute approximate surface area is 189 Å². The first-order chi connectivity index (χ1) is 15.5. The maximum atomic E-state index is 14.3. The van der Waals surface area contributed by atoms with Crippen molar-refractivity contribution in [3.63, 3.8) is 0 Å². The van der Waals surface area contributed by atoms with Gasteiger partial charge < -0.3 is 15.9 Å². The Morgan fingerprint density at radius 1 is 1.12 bits per heavy atom. The van der Waals surface area contributed by atoms with Crippen LogP contribution in [0.2, 0.25) is 0 Å². The number of ether oxygens (including phenoxy) is 1. The molecule has 2 aromatic carbocycles. The van der Waals surface area contributed by atoms with Crippen LogP contribution in [0.15, 0.2) is 54.6 Å². The molecule has 1 aliphatic carbocycles. The summed E-state index contributed by atoms with van der Waals surface area (Å²) in [5.74, 6) is -0.225. The molecule has 32 heavy (non-hydrogen) atoms. The number of rotatable bonds is 7. The van der Waals surface area contributed by atoms with Gasteiger partial charge in [-0.25, -0.2) is 9.18 Å². The highest BCUT2D eigenvalue weighted by atomic mass is 19.1. The van der Waals surface area contributed by atoms with E-state index in [0.29, 0.717) is 0 Å². The number of hydrogen-bond donors (Lipinski definition) is 2. The van der Waals surface area contributed by atoms with Crippen LogP contribution in [-0.2, 0) is 16.7 Å². The number of primary amides is 1. The van der Waals surface area contributed by atoms with Gasteiger partial charge in [-0.05, 0) is 74.4 Å². The van der Waals surface area contributed by atoms with Gasteiger partial charge in [0, 0.05) is 24.1 Å². The SMILES string of the molecule is N=C[C@@](c1cccc(F)c1)(C1CCN(Cc2ccccc2)CC1)[C@H]1CCC[C@@H]1OC(N)=O. The summed E-state index contributed by atoms with van der Waals surface area (Å²) in [7, 11) is 0. The molecule has 0 unspecified atom stereocenters. The average molecular weight is 438 g/mol. The van der Waals surface area contributed by atoms with Crippen LogP contribution in [0.25, 0.3) is 0 Å². The molecular weight excluding hydrogens is 405 g/mol. The summed E-state index contributed by atoms with van der Waals surface area (Å²) in [4.78, 5) is 14.0. The van der Waals surface area contributed by atoms with Crippen molar-refractivity contribution in [1.29, 1.82) is 5.41 Å². The predicted octanol–water partition coefficient (Wildman–Crippen LogP) is 4.89. The summed E-state index contributed by atoms with van der Waals surface area (Å²) in [5.41, 5.74) is 6.78. The zero-order valence-electron chi connectivity index (χ0n) is 18.4. The number of nitrogens with two attached hydrogens (primary N) is 1. The Kier molecular flexibility index (Phi) is 6.89. The Bertz CT molecular complexity index is 930. The fourth-order valence-corrected chi connectivity index (χ4v) is 5.99. The fraction of sp³-hybridized carbons (Fsp3) is 0.462. The molecular formula is C26H32FN3O2. The number of halogens is 1. The zero-order valence-corrected chi connectivity index (χ0v) is 18.4. The molecule has 3 atom stereocenters. The van der Waals surface area contributed by atoms with Crippen LogP contribution in [0.5, 0.6) is 0 Å². The number of nitrogens with zero attached hydrogens (tertiary/aromatic N) is 1. The maximum Gasteiger partial charge on any atom is 0.404 e. The van der Waals surface area contributed by atoms with E-state index in [9.17, 15) is 9.18 Å². The molecule has 0 bridgehead atoms. The Morgan fingerprint density at radius 2 is 1.88 bits per heavy atom. The normalized spacial score (nSPS) is 24.0. The zero-order chi connectivity index (χ0) is 22.6. The topological polar surface area (TPSA) is 79.4 Å². The van der Waals surface area contributed by atoms with E-state index >= 15 is 0 Å². The van der Waals surface area contributed by atoms with Crippen molar-refractivity contribution >= 4 is 12.3 Å². The lowest BCUT2D eigenvalue weighted by Crippen LogP contribution is -2.51. The fourth-order valence-electron chi connectivity index (χ4n) is 5.99. The van der Waals surface area contributed by atoms with Crippen LogP contribution in [0, 0.1) is 23.1 Å². The van der Waals surface area contributed by atoms with E-state index in [1.807, 2.05) is 12.1 Å². The summed E-state index contributed by atoms with van der Waals surface area (Å²) < 4.78 is 19.8. The first-order valence-electron chi connectivity index (χ1n) is 11.5. The maximum absolute atomic E-state index is 14.3. The molecule has 1 saturated carbocycles. The predicted molar refractivity (Wildman–Crippen MR) is 123 cm³/mol. The minimum absolute atomic E-state index is 0.0834. The molecule has 0 radical (unpaired) electrons. The first kappa shape index (κ1) is 22.5. The summed E-state index contributed by atoms with van der Waals surface area (Å²) in [6.07, 6.45) is 4.64. The first-order valence-corrected chi connectivity index (χ1v) is 11.5. The lowest BCUT2D eigenvalue weighted by molar-refractivity contribution is 0.0404. The number of carbonyl (C=O) groups excluding carboxylic acids is 1. The van der Waals surface area contributed by atoms with Gasteiger partial charge in [0.1, 0.15) is 11.9 Å². The van der Waals surface area contributed by atoms with Crippen molar-refractivity contribution in [2.45, 2.75) is 50.2 Å². The molecule has 1 aliphatic heterocycles. The number of benzene rings is 2. The van der Waals surface area contributed by atoms with Gasteiger partial charge >= 0.3 is 6.09 Å². The highest BCUT2D eigenvalue weighted by Crippen LogP contribution is 2.50. The van der Waals surface area contributed by atoms with Gasteiger partial charge in [0.05, 0.1) is 0 Å². The molecule has 4 rings (SSSR count). The standard InChI is InChI=1S/C26H32FN3O2/c27-22-9-4-8-21(16-22)26(18-28,23-10-5-11-24(23)32-25(29)31)20-12-14-30(15-13-20)17-19-6-2-1-3-7-19/h1-4,6-9,16,18,20,23-24,28H,5,10-15,17H2,(H2,29,31)/t23-,24-,26-/m0/s1. The van der Waals surface area contributed by atoms with Gasteiger partial charge in [-0.3, -0.25) is 4.90 Å². The van der Waals surface area contributed by atoms with Gasteiger partial charge in [-0.15, -0.1) is 0 Å². The summed E-state index contributed by atoms with van der Waals surface area (Å²) in [5, 5.41) is 8.59. The van der Waals surface area contributed by atoms with Crippen LogP contribution >= 0.6 is 0 Å². The quantitative estimate of drug-likeness (QED) is 0.606. The van der Waals surface area contributed by atoms with Crippen molar-refractivity contribution in [2.24, 2.45) is 17.6 Å². The van der Waals surface area contributed by atoms with E-state index < -0.39 is 11.5 Å². The molecule has 0 spiro atoms. The molecule has 1 amide bonds. The van der Waals surface area contributed by atoms with E-state index in [4.69, 9.17) is 15.9 Å². The molecule has 3 N–H and O–H groups in total. The number of amides is 1. The van der Waals surface area contributed by atoms with E-state index in [1.54, 1.807) is 12.1 Å². The number of likely N-dealkylation sites (tertiary alicyclic amines) is 1. The largest absolute Gasteiger partial charge is 0.446 e. The van der Waals surface area contributed by atoms with Gasteiger partial charge in [-0.2, -0.15) is 0 Å². The highest BCUT2D eigenvalue weighted by Gasteiger charge is 2.51. The molecule has 5 nitrogen and oxygen atoms in total.